The van der Waals surface area contributed by atoms with Crippen molar-refractivity contribution < 1.29 is 14.3 Å². The van der Waals surface area contributed by atoms with E-state index in [0.717, 1.165) is 5.39 Å². The summed E-state index contributed by atoms with van der Waals surface area (Å²) in [4.78, 5) is 11.0. The number of furan rings is 1. The maximum atomic E-state index is 11.0. The second kappa shape index (κ2) is 3.10. The van der Waals surface area contributed by atoms with Crippen LogP contribution in [-0.4, -0.2) is 11.1 Å². The Hall–Kier alpha value is -1.81. The maximum Gasteiger partial charge on any atom is 0.328 e. The van der Waals surface area contributed by atoms with Crippen molar-refractivity contribution in [2.45, 2.75) is 12.5 Å². The van der Waals surface area contributed by atoms with Gasteiger partial charge in [-0.3, -0.25) is 0 Å². The Labute approximate surface area is 86.3 Å². The molecule has 0 saturated heterocycles. The lowest BCUT2D eigenvalue weighted by Crippen LogP contribution is -2.41. The van der Waals surface area contributed by atoms with Crippen LogP contribution in [0.1, 0.15) is 12.5 Å². The topological polar surface area (TPSA) is 76.5 Å². The highest BCUT2D eigenvalue weighted by molar-refractivity contribution is 5.90. The summed E-state index contributed by atoms with van der Waals surface area (Å²) in [5, 5.41) is 9.75. The standard InChI is InChI=1S/C11H11NO3/c1-11(12,10(13)14)8-6-15-9-5-3-2-4-7(8)9/h2-6H,12H2,1H3,(H,13,14). The van der Waals surface area contributed by atoms with E-state index in [2.05, 4.69) is 0 Å². The molecule has 0 aliphatic carbocycles. The van der Waals surface area contributed by atoms with Crippen LogP contribution >= 0.6 is 0 Å². The molecule has 1 atom stereocenters. The van der Waals surface area contributed by atoms with Gasteiger partial charge in [0.1, 0.15) is 11.1 Å². The maximum absolute atomic E-state index is 11.0. The van der Waals surface area contributed by atoms with Crippen LogP contribution < -0.4 is 5.73 Å². The Balaban J connectivity index is 2.67. The number of carbonyl (C=O) groups is 1. The molecule has 4 heteroatoms. The predicted octanol–water partition coefficient (Wildman–Crippen LogP) is 1.69. The van der Waals surface area contributed by atoms with E-state index in [1.165, 1.54) is 13.2 Å². The molecule has 3 N–H and O–H groups in total. The summed E-state index contributed by atoms with van der Waals surface area (Å²) in [5.41, 5.74) is 5.44. The molecule has 1 unspecified atom stereocenters. The molecule has 15 heavy (non-hydrogen) atoms. The van der Waals surface area contributed by atoms with Crippen LogP contribution in [0.4, 0.5) is 0 Å². The minimum absolute atomic E-state index is 0.491. The zero-order valence-corrected chi connectivity index (χ0v) is 8.23. The summed E-state index contributed by atoms with van der Waals surface area (Å²) in [6.07, 6.45) is 1.40. The second-order valence-corrected chi connectivity index (χ2v) is 3.65. The van der Waals surface area contributed by atoms with Crippen molar-refractivity contribution in [3.8, 4) is 0 Å². The number of carboxylic acids is 1. The molecule has 0 radical (unpaired) electrons. The highest BCUT2D eigenvalue weighted by atomic mass is 16.4. The molecule has 1 heterocycles. The fourth-order valence-electron chi connectivity index (χ4n) is 1.50. The average Bonchev–Trinajstić information content (AvgIpc) is 2.61. The van der Waals surface area contributed by atoms with Crippen LogP contribution in [-0.2, 0) is 10.3 Å². The Morgan fingerprint density at radius 3 is 2.80 bits per heavy atom. The Morgan fingerprint density at radius 2 is 2.13 bits per heavy atom. The molecule has 78 valence electrons. The van der Waals surface area contributed by atoms with Gasteiger partial charge in [-0.25, -0.2) is 4.79 Å². The van der Waals surface area contributed by atoms with Crippen molar-refractivity contribution in [3.63, 3.8) is 0 Å². The van der Waals surface area contributed by atoms with Gasteiger partial charge in [0, 0.05) is 10.9 Å². The first-order chi connectivity index (χ1) is 7.03. The van der Waals surface area contributed by atoms with Gasteiger partial charge < -0.3 is 15.3 Å². The zero-order valence-electron chi connectivity index (χ0n) is 8.23. The molecule has 0 aliphatic rings. The average molecular weight is 205 g/mol. The molecular weight excluding hydrogens is 194 g/mol. The molecule has 4 nitrogen and oxygen atoms in total. The van der Waals surface area contributed by atoms with Crippen LogP contribution in [0.5, 0.6) is 0 Å². The number of benzene rings is 1. The largest absolute Gasteiger partial charge is 0.480 e. The van der Waals surface area contributed by atoms with Crippen LogP contribution in [0.25, 0.3) is 11.0 Å². The first kappa shape index (κ1) is 9.73. The smallest absolute Gasteiger partial charge is 0.328 e. The van der Waals surface area contributed by atoms with Crippen LogP contribution in [0.15, 0.2) is 34.9 Å². The number of hydrogen-bond donors (Lipinski definition) is 2. The summed E-state index contributed by atoms with van der Waals surface area (Å²) < 4.78 is 5.24. The van der Waals surface area contributed by atoms with Crippen molar-refractivity contribution in [1.29, 1.82) is 0 Å². The van der Waals surface area contributed by atoms with E-state index in [4.69, 9.17) is 15.3 Å². The minimum Gasteiger partial charge on any atom is -0.480 e. The van der Waals surface area contributed by atoms with E-state index in [-0.39, 0.29) is 0 Å². The minimum atomic E-state index is -1.42. The number of para-hydroxylation sites is 1. The normalized spacial score (nSPS) is 15.1. The van der Waals surface area contributed by atoms with Crippen LogP contribution in [0.3, 0.4) is 0 Å². The fraction of sp³-hybridized carbons (Fsp3) is 0.182. The Bertz CT molecular complexity index is 513. The van der Waals surface area contributed by atoms with Gasteiger partial charge in [-0.15, -0.1) is 0 Å². The lowest BCUT2D eigenvalue weighted by Gasteiger charge is -2.17. The number of aliphatic carboxylic acids is 1. The van der Waals surface area contributed by atoms with E-state index >= 15 is 0 Å². The van der Waals surface area contributed by atoms with Gasteiger partial charge in [0.25, 0.3) is 0 Å². The Morgan fingerprint density at radius 1 is 1.47 bits per heavy atom. The van der Waals surface area contributed by atoms with Gasteiger partial charge in [-0.05, 0) is 13.0 Å². The summed E-state index contributed by atoms with van der Waals surface area (Å²) in [6, 6.07) is 7.21. The number of carboxylic acid groups (broad SMARTS) is 1. The molecule has 0 saturated carbocycles. The monoisotopic (exact) mass is 205 g/mol. The lowest BCUT2D eigenvalue weighted by atomic mass is 9.93. The van der Waals surface area contributed by atoms with Gasteiger partial charge in [-0.2, -0.15) is 0 Å². The summed E-state index contributed by atoms with van der Waals surface area (Å²) >= 11 is 0. The van der Waals surface area contributed by atoms with Gasteiger partial charge in [0.15, 0.2) is 0 Å². The number of fused-ring (bicyclic) bond motifs is 1. The third kappa shape index (κ3) is 1.39. The quantitative estimate of drug-likeness (QED) is 0.782. The van der Waals surface area contributed by atoms with E-state index in [1.54, 1.807) is 12.1 Å². The number of rotatable bonds is 2. The van der Waals surface area contributed by atoms with E-state index in [9.17, 15) is 4.79 Å². The molecular formula is C11H11NO3. The SMILES string of the molecule is CC(N)(C(=O)O)c1coc2ccccc12. The summed E-state index contributed by atoms with van der Waals surface area (Å²) in [7, 11) is 0. The van der Waals surface area contributed by atoms with Gasteiger partial charge in [-0.1, -0.05) is 18.2 Å². The summed E-state index contributed by atoms with van der Waals surface area (Å²) in [5.74, 6) is -1.07. The molecule has 2 rings (SSSR count). The van der Waals surface area contributed by atoms with Crippen molar-refractivity contribution in [3.05, 3.63) is 36.1 Å². The summed E-state index contributed by atoms with van der Waals surface area (Å²) in [6.45, 7) is 1.45. The first-order valence-corrected chi connectivity index (χ1v) is 4.52. The van der Waals surface area contributed by atoms with E-state index in [0.29, 0.717) is 11.1 Å². The molecule has 1 aromatic heterocycles. The highest BCUT2D eigenvalue weighted by Gasteiger charge is 2.33. The van der Waals surface area contributed by atoms with Crippen LogP contribution in [0, 0.1) is 0 Å². The highest BCUT2D eigenvalue weighted by Crippen LogP contribution is 2.28. The molecule has 2 aromatic rings. The van der Waals surface area contributed by atoms with Gasteiger partial charge in [0.2, 0.25) is 0 Å². The van der Waals surface area contributed by atoms with Crippen molar-refractivity contribution in [2.75, 3.05) is 0 Å². The lowest BCUT2D eigenvalue weighted by molar-refractivity contribution is -0.143. The van der Waals surface area contributed by atoms with Crippen LogP contribution in [0.2, 0.25) is 0 Å². The van der Waals surface area contributed by atoms with Gasteiger partial charge >= 0.3 is 5.97 Å². The molecule has 0 bridgehead atoms. The molecule has 0 fully saturated rings. The zero-order chi connectivity index (χ0) is 11.1. The third-order valence-electron chi connectivity index (χ3n) is 2.48. The predicted molar refractivity (Wildman–Crippen MR) is 55.4 cm³/mol. The molecule has 1 aromatic carbocycles. The molecule has 0 spiro atoms. The third-order valence-corrected chi connectivity index (χ3v) is 2.48. The number of nitrogens with two attached hydrogens (primary N) is 1. The van der Waals surface area contributed by atoms with Crippen molar-refractivity contribution in [1.82, 2.24) is 0 Å². The van der Waals surface area contributed by atoms with Crippen molar-refractivity contribution in [2.24, 2.45) is 5.73 Å². The molecule has 0 amide bonds. The van der Waals surface area contributed by atoms with E-state index in [1.807, 2.05) is 12.1 Å². The van der Waals surface area contributed by atoms with E-state index < -0.39 is 11.5 Å². The molecule has 0 aliphatic heterocycles. The van der Waals surface area contributed by atoms with Crippen molar-refractivity contribution >= 4 is 16.9 Å². The first-order valence-electron chi connectivity index (χ1n) is 4.52. The van der Waals surface area contributed by atoms with Gasteiger partial charge in [0.05, 0.1) is 6.26 Å². The number of hydrogen-bond acceptors (Lipinski definition) is 3. The Kier molecular flexibility index (Phi) is 2.01. The fourth-order valence-corrected chi connectivity index (χ4v) is 1.50. The second-order valence-electron chi connectivity index (χ2n) is 3.65.